The van der Waals surface area contributed by atoms with Crippen molar-refractivity contribution in [2.45, 2.75) is 52.0 Å². The molecule has 3 heterocycles. The van der Waals surface area contributed by atoms with Crippen LogP contribution in [0.3, 0.4) is 0 Å². The Bertz CT molecular complexity index is 576. The van der Waals surface area contributed by atoms with Gasteiger partial charge < -0.3 is 20.4 Å². The number of nitrogens with zero attached hydrogens (tertiary/aromatic N) is 4. The number of aliphatic imine (C=N–C) groups is 1. The Balaban J connectivity index is 1.51. The van der Waals surface area contributed by atoms with Crippen LogP contribution in [0, 0.1) is 0 Å². The summed E-state index contributed by atoms with van der Waals surface area (Å²) in [6.45, 7) is 10.5. The molecule has 3 rings (SSSR count). The maximum absolute atomic E-state index is 4.78. The summed E-state index contributed by atoms with van der Waals surface area (Å²) in [5, 5.41) is 6.85. The maximum Gasteiger partial charge on any atom is 0.191 e. The highest BCUT2D eigenvalue weighted by molar-refractivity contribution is 5.79. The molecule has 2 saturated heterocycles. The first-order valence-corrected chi connectivity index (χ1v) is 10.8. The number of guanidine groups is 1. The van der Waals surface area contributed by atoms with Gasteiger partial charge in [0.05, 0.1) is 6.54 Å². The van der Waals surface area contributed by atoms with Gasteiger partial charge in [0.2, 0.25) is 0 Å². The molecule has 2 N–H and O–H groups in total. The standard InChI is InChI=1S/C21H36N6/c1-2-22-21(24-11-16-26-12-5-3-6-13-26)25-18-19-9-10-23-20(17-19)27-14-7-4-8-15-27/h9-10,17H,2-8,11-16,18H2,1H3,(H2,22,24,25). The van der Waals surface area contributed by atoms with Gasteiger partial charge in [0.25, 0.3) is 0 Å². The number of anilines is 1. The molecule has 0 amide bonds. The molecule has 2 fully saturated rings. The second-order valence-electron chi connectivity index (χ2n) is 7.59. The molecule has 0 bridgehead atoms. The maximum atomic E-state index is 4.78. The molecule has 150 valence electrons. The van der Waals surface area contributed by atoms with Crippen molar-refractivity contribution in [3.63, 3.8) is 0 Å². The molecule has 6 nitrogen and oxygen atoms in total. The van der Waals surface area contributed by atoms with Gasteiger partial charge >= 0.3 is 0 Å². The van der Waals surface area contributed by atoms with Gasteiger partial charge in [0.1, 0.15) is 5.82 Å². The number of nitrogens with one attached hydrogen (secondary N) is 2. The lowest BCUT2D eigenvalue weighted by Crippen LogP contribution is -2.42. The van der Waals surface area contributed by atoms with Gasteiger partial charge in [0, 0.05) is 38.9 Å². The van der Waals surface area contributed by atoms with Crippen LogP contribution >= 0.6 is 0 Å². The van der Waals surface area contributed by atoms with E-state index in [1.165, 1.54) is 57.2 Å². The Morgan fingerprint density at radius 2 is 1.78 bits per heavy atom. The van der Waals surface area contributed by atoms with Crippen molar-refractivity contribution in [2.75, 3.05) is 50.7 Å². The Kier molecular flexibility index (Phi) is 8.21. The zero-order chi connectivity index (χ0) is 18.7. The molecular weight excluding hydrogens is 336 g/mol. The van der Waals surface area contributed by atoms with E-state index < -0.39 is 0 Å². The predicted octanol–water partition coefficient (Wildman–Crippen LogP) is 2.61. The molecule has 0 radical (unpaired) electrons. The number of pyridine rings is 1. The van der Waals surface area contributed by atoms with Crippen LogP contribution in [0.2, 0.25) is 0 Å². The third-order valence-electron chi connectivity index (χ3n) is 5.42. The first-order valence-electron chi connectivity index (χ1n) is 10.8. The Hall–Kier alpha value is -1.82. The third-order valence-corrected chi connectivity index (χ3v) is 5.42. The zero-order valence-corrected chi connectivity index (χ0v) is 16.9. The van der Waals surface area contributed by atoms with E-state index in [0.717, 1.165) is 44.5 Å². The molecular formula is C21H36N6. The summed E-state index contributed by atoms with van der Waals surface area (Å²) in [5.41, 5.74) is 1.22. The molecule has 6 heteroatoms. The van der Waals surface area contributed by atoms with Crippen molar-refractivity contribution in [2.24, 2.45) is 4.99 Å². The second-order valence-corrected chi connectivity index (χ2v) is 7.59. The highest BCUT2D eigenvalue weighted by atomic mass is 15.2. The summed E-state index contributed by atoms with van der Waals surface area (Å²) in [7, 11) is 0. The van der Waals surface area contributed by atoms with Gasteiger partial charge in [-0.2, -0.15) is 0 Å². The van der Waals surface area contributed by atoms with Crippen molar-refractivity contribution in [1.82, 2.24) is 20.5 Å². The SMILES string of the molecule is CCNC(=NCc1ccnc(N2CCCCC2)c1)NCCN1CCCCC1. The lowest BCUT2D eigenvalue weighted by atomic mass is 10.1. The van der Waals surface area contributed by atoms with Gasteiger partial charge in [-0.3, -0.25) is 0 Å². The molecule has 0 atom stereocenters. The van der Waals surface area contributed by atoms with Crippen LogP contribution in [0.15, 0.2) is 23.3 Å². The van der Waals surface area contributed by atoms with Gasteiger partial charge in [0.15, 0.2) is 5.96 Å². The van der Waals surface area contributed by atoms with Crippen LogP contribution in [0.25, 0.3) is 0 Å². The lowest BCUT2D eigenvalue weighted by molar-refractivity contribution is 0.232. The fourth-order valence-electron chi connectivity index (χ4n) is 3.88. The topological polar surface area (TPSA) is 55.8 Å². The van der Waals surface area contributed by atoms with E-state index in [1.54, 1.807) is 0 Å². The van der Waals surface area contributed by atoms with E-state index in [1.807, 2.05) is 6.20 Å². The fourth-order valence-corrected chi connectivity index (χ4v) is 3.88. The average molecular weight is 373 g/mol. The number of aromatic nitrogens is 1. The molecule has 0 aliphatic carbocycles. The van der Waals surface area contributed by atoms with Crippen LogP contribution in [0.4, 0.5) is 5.82 Å². The fraction of sp³-hybridized carbons (Fsp3) is 0.714. The number of piperidine rings is 2. The highest BCUT2D eigenvalue weighted by Crippen LogP contribution is 2.18. The third kappa shape index (κ3) is 6.69. The minimum absolute atomic E-state index is 0.683. The second kappa shape index (κ2) is 11.1. The summed E-state index contributed by atoms with van der Waals surface area (Å²) in [6, 6.07) is 4.28. The summed E-state index contributed by atoms with van der Waals surface area (Å²) < 4.78 is 0. The van der Waals surface area contributed by atoms with Gasteiger partial charge in [-0.1, -0.05) is 6.42 Å². The Morgan fingerprint density at radius 1 is 1.04 bits per heavy atom. The minimum atomic E-state index is 0.683. The molecule has 27 heavy (non-hydrogen) atoms. The van der Waals surface area contributed by atoms with Crippen molar-refractivity contribution in [1.29, 1.82) is 0 Å². The predicted molar refractivity (Wildman–Crippen MR) is 113 cm³/mol. The van der Waals surface area contributed by atoms with E-state index >= 15 is 0 Å². The van der Waals surface area contributed by atoms with Crippen molar-refractivity contribution >= 4 is 11.8 Å². The number of rotatable bonds is 7. The van der Waals surface area contributed by atoms with Crippen molar-refractivity contribution < 1.29 is 0 Å². The zero-order valence-electron chi connectivity index (χ0n) is 16.9. The number of hydrogen-bond acceptors (Lipinski definition) is 4. The van der Waals surface area contributed by atoms with E-state index in [4.69, 9.17) is 4.99 Å². The van der Waals surface area contributed by atoms with Crippen molar-refractivity contribution in [3.05, 3.63) is 23.9 Å². The highest BCUT2D eigenvalue weighted by Gasteiger charge is 2.12. The summed E-state index contributed by atoms with van der Waals surface area (Å²) in [4.78, 5) is 14.3. The Morgan fingerprint density at radius 3 is 2.52 bits per heavy atom. The number of hydrogen-bond donors (Lipinski definition) is 2. The number of likely N-dealkylation sites (tertiary alicyclic amines) is 1. The molecule has 2 aliphatic heterocycles. The largest absolute Gasteiger partial charge is 0.357 e. The molecule has 0 spiro atoms. The first kappa shape index (κ1) is 19.9. The monoisotopic (exact) mass is 372 g/mol. The van der Waals surface area contributed by atoms with E-state index in [0.29, 0.717) is 6.54 Å². The van der Waals surface area contributed by atoms with Crippen LogP contribution in [-0.2, 0) is 6.54 Å². The van der Waals surface area contributed by atoms with Gasteiger partial charge in [-0.25, -0.2) is 9.98 Å². The molecule has 0 aromatic carbocycles. The van der Waals surface area contributed by atoms with Gasteiger partial charge in [-0.15, -0.1) is 0 Å². The van der Waals surface area contributed by atoms with Crippen molar-refractivity contribution in [3.8, 4) is 0 Å². The molecule has 1 aromatic heterocycles. The van der Waals surface area contributed by atoms with E-state index in [-0.39, 0.29) is 0 Å². The molecule has 0 saturated carbocycles. The minimum Gasteiger partial charge on any atom is -0.357 e. The quantitative estimate of drug-likeness (QED) is 0.569. The normalized spacial score (nSPS) is 19.1. The van der Waals surface area contributed by atoms with Crippen LogP contribution < -0.4 is 15.5 Å². The summed E-state index contributed by atoms with van der Waals surface area (Å²) in [5.74, 6) is 2.01. The van der Waals surface area contributed by atoms with Crippen LogP contribution in [0.5, 0.6) is 0 Å². The Labute approximate surface area is 164 Å². The molecule has 2 aliphatic rings. The molecule has 1 aromatic rings. The van der Waals surface area contributed by atoms with Crippen LogP contribution in [-0.4, -0.2) is 61.7 Å². The summed E-state index contributed by atoms with van der Waals surface area (Å²) >= 11 is 0. The lowest BCUT2D eigenvalue weighted by Gasteiger charge is -2.27. The first-order chi connectivity index (χ1) is 13.3. The van der Waals surface area contributed by atoms with E-state index in [9.17, 15) is 0 Å². The van der Waals surface area contributed by atoms with Crippen LogP contribution in [0.1, 0.15) is 51.0 Å². The average Bonchev–Trinajstić information content (AvgIpc) is 2.74. The molecule has 0 unspecified atom stereocenters. The van der Waals surface area contributed by atoms with E-state index in [2.05, 4.69) is 44.5 Å². The van der Waals surface area contributed by atoms with Gasteiger partial charge in [-0.05, 0) is 69.8 Å². The summed E-state index contributed by atoms with van der Waals surface area (Å²) in [6.07, 6.45) is 9.89. The smallest absolute Gasteiger partial charge is 0.191 e.